The van der Waals surface area contributed by atoms with Gasteiger partial charge in [-0.1, -0.05) is 17.7 Å². The molecule has 3 rings (SSSR count). The summed E-state index contributed by atoms with van der Waals surface area (Å²) >= 11 is 1.52. The Balaban J connectivity index is 1.62. The molecule has 5 nitrogen and oxygen atoms in total. The Morgan fingerprint density at radius 3 is 2.32 bits per heavy atom. The number of carbonyl (C=O) groups excluding carboxylic acids is 2. The fraction of sp³-hybridized carbons (Fsp3) is 0.136. The third-order valence-corrected chi connectivity index (χ3v) is 4.86. The van der Waals surface area contributed by atoms with Crippen molar-refractivity contribution < 1.29 is 14.3 Å². The first kappa shape index (κ1) is 19.5. The van der Waals surface area contributed by atoms with Gasteiger partial charge < -0.3 is 9.64 Å². The number of esters is 1. The average Bonchev–Trinajstić information content (AvgIpc) is 3.12. The van der Waals surface area contributed by atoms with Crippen LogP contribution < -0.4 is 9.64 Å². The van der Waals surface area contributed by atoms with E-state index in [2.05, 4.69) is 4.98 Å². The smallest absolute Gasteiger partial charge is 0.336 e. The Bertz CT molecular complexity index is 1010. The fourth-order valence-corrected chi connectivity index (χ4v) is 3.09. The van der Waals surface area contributed by atoms with Crippen LogP contribution >= 0.6 is 11.3 Å². The minimum absolute atomic E-state index is 0.105. The van der Waals surface area contributed by atoms with Gasteiger partial charge in [-0.2, -0.15) is 0 Å². The summed E-state index contributed by atoms with van der Waals surface area (Å²) in [6.45, 7) is 3.88. The van der Waals surface area contributed by atoms with Gasteiger partial charge in [-0.15, -0.1) is 11.3 Å². The van der Waals surface area contributed by atoms with E-state index in [1.165, 1.54) is 17.4 Å². The van der Waals surface area contributed by atoms with Gasteiger partial charge in [0.15, 0.2) is 0 Å². The van der Waals surface area contributed by atoms with Gasteiger partial charge in [0.1, 0.15) is 5.75 Å². The van der Waals surface area contributed by atoms with Crippen LogP contribution in [-0.2, 0) is 4.79 Å². The second-order valence-electron chi connectivity index (χ2n) is 6.27. The number of aromatic nitrogens is 1. The van der Waals surface area contributed by atoms with Gasteiger partial charge in [0.25, 0.3) is 5.91 Å². The van der Waals surface area contributed by atoms with Crippen molar-refractivity contribution in [2.75, 3.05) is 11.9 Å². The normalized spacial score (nSPS) is 10.8. The first-order valence-corrected chi connectivity index (χ1v) is 9.57. The van der Waals surface area contributed by atoms with E-state index in [9.17, 15) is 9.59 Å². The Hall–Kier alpha value is -3.25. The number of hydrogen-bond donors (Lipinski definition) is 0. The number of amides is 1. The summed E-state index contributed by atoms with van der Waals surface area (Å²) in [4.78, 5) is 30.3. The number of hydrogen-bond acceptors (Lipinski definition) is 5. The quantitative estimate of drug-likeness (QED) is 0.360. The molecule has 2 aromatic carbocycles. The summed E-state index contributed by atoms with van der Waals surface area (Å²) in [6.07, 6.45) is 2.96. The van der Waals surface area contributed by atoms with Crippen LogP contribution in [0.3, 0.4) is 0 Å². The molecule has 0 radical (unpaired) electrons. The fourth-order valence-electron chi connectivity index (χ4n) is 2.51. The molecule has 142 valence electrons. The van der Waals surface area contributed by atoms with Crippen LogP contribution in [0.5, 0.6) is 5.75 Å². The molecular formula is C22H20N2O3S. The zero-order valence-corrected chi connectivity index (χ0v) is 16.7. The minimum atomic E-state index is -0.484. The standard InChI is InChI=1S/C22H20N2O3S/c1-15-4-6-17(7-5-15)22(26)24(3)19-9-11-20(12-10-19)27-21(25)13-8-18-14-28-16(2)23-18/h4-14H,1-3H3/b13-8+. The van der Waals surface area contributed by atoms with Crippen molar-refractivity contribution in [1.29, 1.82) is 0 Å². The molecule has 0 N–H and O–H groups in total. The molecule has 0 aliphatic carbocycles. The third-order valence-electron chi connectivity index (χ3n) is 4.07. The number of carbonyl (C=O) groups is 2. The number of aryl methyl sites for hydroxylation is 2. The number of thiazole rings is 1. The monoisotopic (exact) mass is 392 g/mol. The Kier molecular flexibility index (Phi) is 6.01. The molecule has 0 unspecified atom stereocenters. The van der Waals surface area contributed by atoms with Crippen molar-refractivity contribution in [2.45, 2.75) is 13.8 Å². The lowest BCUT2D eigenvalue weighted by Gasteiger charge is -2.17. The maximum absolute atomic E-state index is 12.6. The summed E-state index contributed by atoms with van der Waals surface area (Å²) in [7, 11) is 1.71. The SMILES string of the molecule is Cc1ccc(C(=O)N(C)c2ccc(OC(=O)/C=C/c3csc(C)n3)cc2)cc1. The first-order valence-electron chi connectivity index (χ1n) is 8.69. The number of rotatable bonds is 5. The number of nitrogens with zero attached hydrogens (tertiary/aromatic N) is 2. The highest BCUT2D eigenvalue weighted by molar-refractivity contribution is 7.09. The van der Waals surface area contributed by atoms with Crippen molar-refractivity contribution >= 4 is 35.0 Å². The molecule has 0 aliphatic heterocycles. The van der Waals surface area contributed by atoms with Crippen molar-refractivity contribution in [1.82, 2.24) is 4.98 Å². The van der Waals surface area contributed by atoms with E-state index in [0.29, 0.717) is 17.0 Å². The summed E-state index contributed by atoms with van der Waals surface area (Å²) < 4.78 is 5.28. The van der Waals surface area contributed by atoms with E-state index in [0.717, 1.165) is 16.3 Å². The highest BCUT2D eigenvalue weighted by Crippen LogP contribution is 2.21. The molecule has 0 atom stereocenters. The molecule has 1 heterocycles. The zero-order chi connectivity index (χ0) is 20.1. The van der Waals surface area contributed by atoms with E-state index in [1.807, 2.05) is 31.4 Å². The van der Waals surface area contributed by atoms with Crippen molar-refractivity contribution in [3.05, 3.63) is 81.8 Å². The number of benzene rings is 2. The van der Waals surface area contributed by atoms with Crippen molar-refractivity contribution in [3.8, 4) is 5.75 Å². The van der Waals surface area contributed by atoms with E-state index in [1.54, 1.807) is 54.4 Å². The largest absolute Gasteiger partial charge is 0.423 e. The summed E-state index contributed by atoms with van der Waals surface area (Å²) in [6, 6.07) is 14.2. The second-order valence-corrected chi connectivity index (χ2v) is 7.33. The van der Waals surface area contributed by atoms with Gasteiger partial charge in [-0.3, -0.25) is 4.79 Å². The lowest BCUT2D eigenvalue weighted by atomic mass is 10.1. The van der Waals surface area contributed by atoms with Crippen molar-refractivity contribution in [2.24, 2.45) is 0 Å². The highest BCUT2D eigenvalue weighted by atomic mass is 32.1. The third kappa shape index (κ3) is 4.92. The number of anilines is 1. The maximum Gasteiger partial charge on any atom is 0.336 e. The lowest BCUT2D eigenvalue weighted by molar-refractivity contribution is -0.128. The van der Waals surface area contributed by atoms with Gasteiger partial charge >= 0.3 is 5.97 Å². The summed E-state index contributed by atoms with van der Waals surface area (Å²) in [5.74, 6) is -0.183. The molecule has 3 aromatic rings. The van der Waals surface area contributed by atoms with Gasteiger partial charge in [0, 0.05) is 29.8 Å². The van der Waals surface area contributed by atoms with E-state index >= 15 is 0 Å². The van der Waals surface area contributed by atoms with Crippen LogP contribution in [0.1, 0.15) is 26.6 Å². The lowest BCUT2D eigenvalue weighted by Crippen LogP contribution is -2.26. The average molecular weight is 392 g/mol. The molecule has 28 heavy (non-hydrogen) atoms. The molecule has 0 spiro atoms. The Morgan fingerprint density at radius 1 is 1.04 bits per heavy atom. The molecule has 0 saturated heterocycles. The molecule has 1 aromatic heterocycles. The van der Waals surface area contributed by atoms with Crippen molar-refractivity contribution in [3.63, 3.8) is 0 Å². The topological polar surface area (TPSA) is 59.5 Å². The molecule has 0 aliphatic rings. The van der Waals surface area contributed by atoms with Crippen LogP contribution in [0, 0.1) is 13.8 Å². The molecule has 0 bridgehead atoms. The van der Waals surface area contributed by atoms with Gasteiger partial charge in [-0.25, -0.2) is 9.78 Å². The van der Waals surface area contributed by atoms with Gasteiger partial charge in [0.05, 0.1) is 10.7 Å². The molecule has 0 saturated carbocycles. The molecule has 0 fully saturated rings. The van der Waals surface area contributed by atoms with Crippen LogP contribution in [0.4, 0.5) is 5.69 Å². The van der Waals surface area contributed by atoms with Gasteiger partial charge in [-0.05, 0) is 56.3 Å². The predicted octanol–water partition coefficient (Wildman–Crippen LogP) is 4.66. The van der Waals surface area contributed by atoms with Gasteiger partial charge in [0.2, 0.25) is 0 Å². The number of ether oxygens (including phenoxy) is 1. The summed E-state index contributed by atoms with van der Waals surface area (Å²) in [5.41, 5.74) is 3.15. The predicted molar refractivity (Wildman–Crippen MR) is 112 cm³/mol. The summed E-state index contributed by atoms with van der Waals surface area (Å²) in [5, 5.41) is 2.81. The van der Waals surface area contributed by atoms with E-state index in [-0.39, 0.29) is 5.91 Å². The highest BCUT2D eigenvalue weighted by Gasteiger charge is 2.13. The van der Waals surface area contributed by atoms with E-state index < -0.39 is 5.97 Å². The molecular weight excluding hydrogens is 372 g/mol. The first-order chi connectivity index (χ1) is 13.4. The molecule has 1 amide bonds. The van der Waals surface area contributed by atoms with Crippen LogP contribution in [0.25, 0.3) is 6.08 Å². The maximum atomic E-state index is 12.6. The Morgan fingerprint density at radius 2 is 1.71 bits per heavy atom. The Labute approximate surface area is 167 Å². The second kappa shape index (κ2) is 8.63. The van der Waals surface area contributed by atoms with Crippen LogP contribution in [-0.4, -0.2) is 23.9 Å². The molecule has 6 heteroatoms. The minimum Gasteiger partial charge on any atom is -0.423 e. The van der Waals surface area contributed by atoms with Crippen LogP contribution in [0.15, 0.2) is 60.0 Å². The zero-order valence-electron chi connectivity index (χ0n) is 15.9. The van der Waals surface area contributed by atoms with Crippen LogP contribution in [0.2, 0.25) is 0 Å². The van der Waals surface area contributed by atoms with E-state index in [4.69, 9.17) is 4.74 Å².